The Labute approximate surface area is 112 Å². The van der Waals surface area contributed by atoms with Crippen LogP contribution in [0.25, 0.3) is 0 Å². The maximum atomic E-state index is 12.1. The standard InChI is InChI=1S/C14H12NO3S/c1-11-2-8-14(9-3-11)19(17,18)15-13-6-4-12(10-16)5-7-13/h2-9,15H,1H3. The minimum Gasteiger partial charge on any atom is -0.285 e. The molecule has 0 aliphatic rings. The van der Waals surface area contributed by atoms with Crippen molar-refractivity contribution < 1.29 is 13.2 Å². The summed E-state index contributed by atoms with van der Waals surface area (Å²) < 4.78 is 26.6. The van der Waals surface area contributed by atoms with Crippen molar-refractivity contribution in [3.63, 3.8) is 0 Å². The van der Waals surface area contributed by atoms with Crippen molar-refractivity contribution in [3.05, 3.63) is 59.7 Å². The van der Waals surface area contributed by atoms with Crippen LogP contribution in [0, 0.1) is 6.92 Å². The largest absolute Gasteiger partial charge is 0.285 e. The first-order valence-electron chi connectivity index (χ1n) is 5.59. The van der Waals surface area contributed by atoms with Crippen molar-refractivity contribution in [2.24, 2.45) is 0 Å². The van der Waals surface area contributed by atoms with Crippen LogP contribution >= 0.6 is 0 Å². The van der Waals surface area contributed by atoms with Gasteiger partial charge in [0.15, 0.2) is 0 Å². The Morgan fingerprint density at radius 1 is 0.947 bits per heavy atom. The first kappa shape index (κ1) is 13.3. The van der Waals surface area contributed by atoms with E-state index >= 15 is 0 Å². The van der Waals surface area contributed by atoms with Crippen molar-refractivity contribution in [1.29, 1.82) is 0 Å². The third kappa shape index (κ3) is 3.20. The van der Waals surface area contributed by atoms with Gasteiger partial charge in [0, 0.05) is 11.3 Å². The van der Waals surface area contributed by atoms with Crippen LogP contribution in [0.15, 0.2) is 53.4 Å². The molecule has 0 fully saturated rings. The Hall–Kier alpha value is -2.14. The molecular weight excluding hydrogens is 262 g/mol. The molecule has 0 saturated heterocycles. The van der Waals surface area contributed by atoms with Gasteiger partial charge in [-0.25, -0.2) is 8.42 Å². The van der Waals surface area contributed by atoms with Gasteiger partial charge in [0.1, 0.15) is 0 Å². The molecule has 2 aromatic rings. The zero-order valence-corrected chi connectivity index (χ0v) is 11.1. The molecule has 0 aliphatic heterocycles. The van der Waals surface area contributed by atoms with Gasteiger partial charge in [-0.3, -0.25) is 9.52 Å². The molecule has 0 amide bonds. The first-order valence-corrected chi connectivity index (χ1v) is 7.07. The second-order valence-corrected chi connectivity index (χ2v) is 5.78. The second-order valence-electron chi connectivity index (χ2n) is 4.10. The van der Waals surface area contributed by atoms with Crippen LogP contribution in [0.2, 0.25) is 0 Å². The van der Waals surface area contributed by atoms with E-state index in [0.717, 1.165) is 5.56 Å². The van der Waals surface area contributed by atoms with Gasteiger partial charge < -0.3 is 0 Å². The molecule has 0 unspecified atom stereocenters. The van der Waals surface area contributed by atoms with E-state index in [1.807, 2.05) is 6.92 Å². The summed E-state index contributed by atoms with van der Waals surface area (Å²) in [6.07, 6.45) is 1.73. The number of carbonyl (C=O) groups excluding carboxylic acids is 1. The molecule has 1 radical (unpaired) electrons. The summed E-state index contributed by atoms with van der Waals surface area (Å²) in [5.41, 5.74) is 1.77. The fraction of sp³-hybridized carbons (Fsp3) is 0.0714. The lowest BCUT2D eigenvalue weighted by molar-refractivity contribution is 0.563. The molecule has 2 rings (SSSR count). The fourth-order valence-corrected chi connectivity index (χ4v) is 2.60. The summed E-state index contributed by atoms with van der Waals surface area (Å²) >= 11 is 0. The molecule has 0 spiro atoms. The van der Waals surface area contributed by atoms with Gasteiger partial charge in [-0.1, -0.05) is 17.7 Å². The third-order valence-corrected chi connectivity index (χ3v) is 3.98. The zero-order valence-electron chi connectivity index (χ0n) is 10.3. The van der Waals surface area contributed by atoms with Crippen LogP contribution in [0.5, 0.6) is 0 Å². The van der Waals surface area contributed by atoms with Crippen LogP contribution in [0.4, 0.5) is 5.69 Å². The number of nitrogens with one attached hydrogen (secondary N) is 1. The minimum atomic E-state index is -3.60. The number of benzene rings is 2. The van der Waals surface area contributed by atoms with Gasteiger partial charge in [0.05, 0.1) is 4.90 Å². The predicted molar refractivity (Wildman–Crippen MR) is 73.2 cm³/mol. The molecular formula is C14H12NO3S. The number of hydrogen-bond acceptors (Lipinski definition) is 3. The Balaban J connectivity index is 2.25. The fourth-order valence-electron chi connectivity index (χ4n) is 1.54. The Bertz CT molecular complexity index is 674. The van der Waals surface area contributed by atoms with E-state index in [4.69, 9.17) is 0 Å². The van der Waals surface area contributed by atoms with Crippen molar-refractivity contribution in [1.82, 2.24) is 0 Å². The molecule has 0 atom stereocenters. The second kappa shape index (κ2) is 5.24. The van der Waals surface area contributed by atoms with Crippen molar-refractivity contribution in [3.8, 4) is 0 Å². The van der Waals surface area contributed by atoms with Gasteiger partial charge in [-0.2, -0.15) is 0 Å². The van der Waals surface area contributed by atoms with Crippen LogP contribution in [0.3, 0.4) is 0 Å². The van der Waals surface area contributed by atoms with Crippen LogP contribution in [-0.2, 0) is 14.8 Å². The highest BCUT2D eigenvalue weighted by atomic mass is 32.2. The number of hydrogen-bond donors (Lipinski definition) is 1. The van der Waals surface area contributed by atoms with E-state index in [2.05, 4.69) is 4.72 Å². The Morgan fingerprint density at radius 3 is 2.05 bits per heavy atom. The van der Waals surface area contributed by atoms with Gasteiger partial charge in [0.2, 0.25) is 6.29 Å². The monoisotopic (exact) mass is 274 g/mol. The Morgan fingerprint density at radius 2 is 1.53 bits per heavy atom. The Kier molecular flexibility index (Phi) is 3.66. The average Bonchev–Trinajstić information content (AvgIpc) is 2.40. The van der Waals surface area contributed by atoms with E-state index in [1.54, 1.807) is 30.6 Å². The summed E-state index contributed by atoms with van der Waals surface area (Å²) in [5, 5.41) is 0. The first-order chi connectivity index (χ1) is 9.01. The molecule has 4 nitrogen and oxygen atoms in total. The molecule has 1 N–H and O–H groups in total. The number of anilines is 1. The summed E-state index contributed by atoms with van der Waals surface area (Å²) in [7, 11) is -3.60. The molecule has 97 valence electrons. The molecule has 0 aromatic heterocycles. The maximum Gasteiger partial charge on any atom is 0.261 e. The van der Waals surface area contributed by atoms with Crippen molar-refractivity contribution in [2.45, 2.75) is 11.8 Å². The van der Waals surface area contributed by atoms with Crippen molar-refractivity contribution >= 4 is 22.0 Å². The van der Waals surface area contributed by atoms with Crippen LogP contribution < -0.4 is 4.72 Å². The molecule has 0 bridgehead atoms. The SMILES string of the molecule is Cc1ccc(S(=O)(=O)Nc2ccc([C]=O)cc2)cc1. The predicted octanol–water partition coefficient (Wildman–Crippen LogP) is 2.25. The zero-order chi connectivity index (χ0) is 13.9. The lowest BCUT2D eigenvalue weighted by atomic mass is 10.2. The van der Waals surface area contributed by atoms with Gasteiger partial charge in [-0.05, 0) is 43.3 Å². The van der Waals surface area contributed by atoms with E-state index in [9.17, 15) is 13.2 Å². The highest BCUT2D eigenvalue weighted by molar-refractivity contribution is 7.92. The lowest BCUT2D eigenvalue weighted by Crippen LogP contribution is -2.12. The van der Waals surface area contributed by atoms with Gasteiger partial charge >= 0.3 is 0 Å². The van der Waals surface area contributed by atoms with Crippen molar-refractivity contribution in [2.75, 3.05) is 4.72 Å². The highest BCUT2D eigenvalue weighted by Gasteiger charge is 2.13. The quantitative estimate of drug-likeness (QED) is 0.930. The summed E-state index contributed by atoms with van der Waals surface area (Å²) in [6, 6.07) is 12.6. The molecule has 5 heteroatoms. The number of aryl methyl sites for hydroxylation is 1. The van der Waals surface area contributed by atoms with E-state index in [-0.39, 0.29) is 4.90 Å². The molecule has 2 aromatic carbocycles. The van der Waals surface area contributed by atoms with E-state index < -0.39 is 10.0 Å². The minimum absolute atomic E-state index is 0.198. The van der Waals surface area contributed by atoms with Gasteiger partial charge in [0.25, 0.3) is 10.0 Å². The number of sulfonamides is 1. The lowest BCUT2D eigenvalue weighted by Gasteiger charge is -2.08. The van der Waals surface area contributed by atoms with E-state index in [1.165, 1.54) is 24.3 Å². The maximum absolute atomic E-state index is 12.1. The molecule has 0 aliphatic carbocycles. The summed E-state index contributed by atoms with van der Waals surface area (Å²) in [6.45, 7) is 1.89. The van der Waals surface area contributed by atoms with Crippen LogP contribution in [-0.4, -0.2) is 14.7 Å². The normalized spacial score (nSPS) is 11.0. The molecule has 0 heterocycles. The topological polar surface area (TPSA) is 63.2 Å². The van der Waals surface area contributed by atoms with E-state index in [0.29, 0.717) is 11.3 Å². The van der Waals surface area contributed by atoms with Crippen LogP contribution in [0.1, 0.15) is 11.1 Å². The third-order valence-electron chi connectivity index (χ3n) is 2.59. The number of rotatable bonds is 4. The summed E-state index contributed by atoms with van der Waals surface area (Å²) in [4.78, 5) is 10.6. The average molecular weight is 274 g/mol. The molecule has 19 heavy (non-hydrogen) atoms. The van der Waals surface area contributed by atoms with Gasteiger partial charge in [-0.15, -0.1) is 0 Å². The summed E-state index contributed by atoms with van der Waals surface area (Å²) in [5.74, 6) is 0. The highest BCUT2D eigenvalue weighted by Crippen LogP contribution is 2.16. The molecule has 0 saturated carbocycles. The smallest absolute Gasteiger partial charge is 0.261 e.